The second kappa shape index (κ2) is 7.71. The molecule has 0 bridgehead atoms. The van der Waals surface area contributed by atoms with E-state index in [-0.39, 0.29) is 17.2 Å². The number of carbonyl (C=O) groups excluding carboxylic acids is 1. The van der Waals surface area contributed by atoms with Crippen molar-refractivity contribution >= 4 is 50.6 Å². The summed E-state index contributed by atoms with van der Waals surface area (Å²) in [5.41, 5.74) is 0.828. The summed E-state index contributed by atoms with van der Waals surface area (Å²) < 4.78 is 6.70. The first-order valence-electron chi connectivity index (χ1n) is 8.07. The van der Waals surface area contributed by atoms with Crippen LogP contribution in [-0.4, -0.2) is 21.2 Å². The molecule has 0 aliphatic heterocycles. The molecule has 0 spiro atoms. The molecule has 0 saturated carbocycles. The minimum Gasteiger partial charge on any atom is -0.467 e. The van der Waals surface area contributed by atoms with Crippen molar-refractivity contribution in [1.82, 2.24) is 14.9 Å². The molecular formula is C18H15N3O3S3. The first kappa shape index (κ1) is 18.0. The average Bonchev–Trinajstić information content (AvgIpc) is 3.42. The van der Waals surface area contributed by atoms with Gasteiger partial charge in [-0.1, -0.05) is 17.8 Å². The summed E-state index contributed by atoms with van der Waals surface area (Å²) >= 11 is 4.29. The van der Waals surface area contributed by atoms with Gasteiger partial charge in [0.05, 0.1) is 23.9 Å². The molecule has 0 aliphatic carbocycles. The molecule has 4 heterocycles. The second-order valence-electron chi connectivity index (χ2n) is 5.71. The molecule has 0 atom stereocenters. The van der Waals surface area contributed by atoms with Gasteiger partial charge in [0.1, 0.15) is 10.6 Å². The van der Waals surface area contributed by atoms with Crippen LogP contribution < -0.4 is 10.9 Å². The molecule has 4 aromatic rings. The van der Waals surface area contributed by atoms with Crippen LogP contribution in [-0.2, 0) is 18.4 Å². The van der Waals surface area contributed by atoms with E-state index in [0.29, 0.717) is 27.7 Å². The van der Waals surface area contributed by atoms with Gasteiger partial charge in [-0.15, -0.1) is 22.7 Å². The summed E-state index contributed by atoms with van der Waals surface area (Å²) in [6.07, 6.45) is 1.57. The standard InChI is InChI=1S/C18H15N3O3S3/c1-21-17(23)15-12(13-5-3-7-25-13)9-26-16(15)20-18(21)27-10-14(22)19-8-11-4-2-6-24-11/h2-7,9H,8,10H2,1H3,(H,19,22). The quantitative estimate of drug-likeness (QED) is 0.382. The van der Waals surface area contributed by atoms with E-state index >= 15 is 0 Å². The Morgan fingerprint density at radius 3 is 2.96 bits per heavy atom. The topological polar surface area (TPSA) is 77.1 Å². The average molecular weight is 418 g/mol. The third-order valence-corrected chi connectivity index (χ3v) is 6.74. The molecule has 9 heteroatoms. The maximum Gasteiger partial charge on any atom is 0.263 e. The van der Waals surface area contributed by atoms with Crippen molar-refractivity contribution in [3.8, 4) is 10.4 Å². The SMILES string of the molecule is Cn1c(SCC(=O)NCc2ccco2)nc2scc(-c3cccs3)c2c1=O. The van der Waals surface area contributed by atoms with Crippen molar-refractivity contribution in [2.45, 2.75) is 11.7 Å². The van der Waals surface area contributed by atoms with Gasteiger partial charge in [-0.05, 0) is 23.6 Å². The maximum absolute atomic E-state index is 12.9. The van der Waals surface area contributed by atoms with E-state index in [1.54, 1.807) is 36.8 Å². The first-order valence-corrected chi connectivity index (χ1v) is 10.8. The van der Waals surface area contributed by atoms with Crippen LogP contribution in [0.3, 0.4) is 0 Å². The molecule has 0 radical (unpaired) electrons. The van der Waals surface area contributed by atoms with Crippen molar-refractivity contribution in [3.63, 3.8) is 0 Å². The van der Waals surface area contributed by atoms with Crippen LogP contribution in [0.2, 0.25) is 0 Å². The number of aromatic nitrogens is 2. The monoisotopic (exact) mass is 417 g/mol. The second-order valence-corrected chi connectivity index (χ2v) is 8.46. The molecule has 0 aromatic carbocycles. The zero-order valence-electron chi connectivity index (χ0n) is 14.3. The van der Waals surface area contributed by atoms with Crippen molar-refractivity contribution in [1.29, 1.82) is 0 Å². The number of rotatable bonds is 6. The van der Waals surface area contributed by atoms with Gasteiger partial charge in [-0.2, -0.15) is 0 Å². The molecule has 138 valence electrons. The third-order valence-electron chi connectivity index (χ3n) is 3.93. The molecule has 1 amide bonds. The summed E-state index contributed by atoms with van der Waals surface area (Å²) in [5.74, 6) is 0.728. The number of furan rings is 1. The Kier molecular flexibility index (Phi) is 5.15. The Bertz CT molecular complexity index is 1130. The Morgan fingerprint density at radius 1 is 1.33 bits per heavy atom. The van der Waals surface area contributed by atoms with Gasteiger partial charge < -0.3 is 9.73 Å². The highest BCUT2D eigenvalue weighted by Gasteiger charge is 2.17. The summed E-state index contributed by atoms with van der Waals surface area (Å²) in [5, 5.41) is 7.90. The number of carbonyl (C=O) groups is 1. The number of hydrogen-bond acceptors (Lipinski definition) is 7. The lowest BCUT2D eigenvalue weighted by Gasteiger charge is -2.08. The Labute approximate surface area is 166 Å². The van der Waals surface area contributed by atoms with Crippen molar-refractivity contribution in [3.05, 3.63) is 57.4 Å². The van der Waals surface area contributed by atoms with Crippen LogP contribution in [0.25, 0.3) is 20.7 Å². The fraction of sp³-hybridized carbons (Fsp3) is 0.167. The van der Waals surface area contributed by atoms with Crippen LogP contribution in [0.15, 0.2) is 55.7 Å². The Morgan fingerprint density at radius 2 is 2.22 bits per heavy atom. The lowest BCUT2D eigenvalue weighted by Crippen LogP contribution is -2.25. The normalized spacial score (nSPS) is 11.1. The first-order chi connectivity index (χ1) is 13.1. The zero-order valence-corrected chi connectivity index (χ0v) is 16.7. The largest absolute Gasteiger partial charge is 0.467 e. The number of nitrogens with zero attached hydrogens (tertiary/aromatic N) is 2. The van der Waals surface area contributed by atoms with Crippen molar-refractivity contribution in [2.24, 2.45) is 7.05 Å². The molecule has 6 nitrogen and oxygen atoms in total. The Balaban J connectivity index is 1.52. The minimum absolute atomic E-state index is 0.0943. The van der Waals surface area contributed by atoms with E-state index in [1.807, 2.05) is 22.9 Å². The third kappa shape index (κ3) is 3.71. The lowest BCUT2D eigenvalue weighted by molar-refractivity contribution is -0.118. The molecule has 27 heavy (non-hydrogen) atoms. The summed E-state index contributed by atoms with van der Waals surface area (Å²) in [6.45, 7) is 0.340. The molecule has 4 rings (SSSR count). The van der Waals surface area contributed by atoms with E-state index in [0.717, 1.165) is 10.4 Å². The summed E-state index contributed by atoms with van der Waals surface area (Å²) in [6, 6.07) is 7.54. The summed E-state index contributed by atoms with van der Waals surface area (Å²) in [7, 11) is 1.69. The predicted octanol–water partition coefficient (Wildman–Crippen LogP) is 3.73. The molecule has 4 aromatic heterocycles. The highest BCUT2D eigenvalue weighted by Crippen LogP contribution is 2.34. The van der Waals surface area contributed by atoms with Gasteiger partial charge in [-0.25, -0.2) is 4.98 Å². The molecule has 0 unspecified atom stereocenters. The fourth-order valence-electron chi connectivity index (χ4n) is 2.58. The number of thiophene rings is 2. The zero-order chi connectivity index (χ0) is 18.8. The van der Waals surface area contributed by atoms with E-state index in [1.165, 1.54) is 27.7 Å². The highest BCUT2D eigenvalue weighted by molar-refractivity contribution is 7.99. The molecule has 0 saturated heterocycles. The number of nitrogens with one attached hydrogen (secondary N) is 1. The Hall–Kier alpha value is -2.36. The van der Waals surface area contributed by atoms with Gasteiger partial charge in [0, 0.05) is 22.9 Å². The van der Waals surface area contributed by atoms with Crippen LogP contribution in [0.4, 0.5) is 0 Å². The predicted molar refractivity (Wildman–Crippen MR) is 109 cm³/mol. The summed E-state index contributed by atoms with van der Waals surface area (Å²) in [4.78, 5) is 31.3. The van der Waals surface area contributed by atoms with E-state index in [2.05, 4.69) is 10.3 Å². The molecule has 0 aliphatic rings. The van der Waals surface area contributed by atoms with E-state index in [4.69, 9.17) is 4.42 Å². The van der Waals surface area contributed by atoms with Gasteiger partial charge >= 0.3 is 0 Å². The number of thioether (sulfide) groups is 1. The van der Waals surface area contributed by atoms with E-state index < -0.39 is 0 Å². The molecule has 1 N–H and O–H groups in total. The van der Waals surface area contributed by atoms with Crippen LogP contribution >= 0.6 is 34.4 Å². The molecular weight excluding hydrogens is 402 g/mol. The number of hydrogen-bond donors (Lipinski definition) is 1. The number of fused-ring (bicyclic) bond motifs is 1. The van der Waals surface area contributed by atoms with Gasteiger partial charge in [-0.3, -0.25) is 14.2 Å². The van der Waals surface area contributed by atoms with Crippen LogP contribution in [0.5, 0.6) is 0 Å². The number of amides is 1. The van der Waals surface area contributed by atoms with Crippen molar-refractivity contribution in [2.75, 3.05) is 5.75 Å². The van der Waals surface area contributed by atoms with Crippen molar-refractivity contribution < 1.29 is 9.21 Å². The van der Waals surface area contributed by atoms with Crippen LogP contribution in [0.1, 0.15) is 5.76 Å². The lowest BCUT2D eigenvalue weighted by atomic mass is 10.2. The maximum atomic E-state index is 12.9. The van der Waals surface area contributed by atoms with E-state index in [9.17, 15) is 9.59 Å². The van der Waals surface area contributed by atoms with Gasteiger partial charge in [0.25, 0.3) is 5.56 Å². The highest BCUT2D eigenvalue weighted by atomic mass is 32.2. The smallest absolute Gasteiger partial charge is 0.263 e. The fourth-order valence-corrected chi connectivity index (χ4v) is 5.18. The van der Waals surface area contributed by atoms with Crippen LogP contribution in [0, 0.1) is 0 Å². The van der Waals surface area contributed by atoms with Gasteiger partial charge in [0.2, 0.25) is 5.91 Å². The molecule has 0 fully saturated rings. The van der Waals surface area contributed by atoms with Gasteiger partial charge in [0.15, 0.2) is 5.16 Å². The minimum atomic E-state index is -0.142.